The number of aromatic nitrogens is 1. The summed E-state index contributed by atoms with van der Waals surface area (Å²) in [5.41, 5.74) is 5.33. The lowest BCUT2D eigenvalue weighted by Crippen LogP contribution is -1.93. The van der Waals surface area contributed by atoms with Crippen molar-refractivity contribution in [3.8, 4) is 0 Å². The van der Waals surface area contributed by atoms with Crippen molar-refractivity contribution in [2.45, 2.75) is 12.8 Å². The molecular formula is C20H15N. The minimum absolute atomic E-state index is 1.15. The summed E-state index contributed by atoms with van der Waals surface area (Å²) in [6.07, 6.45) is 6.85. The zero-order chi connectivity index (χ0) is 13.8. The van der Waals surface area contributed by atoms with Gasteiger partial charge in [-0.1, -0.05) is 42.5 Å². The third-order valence-corrected chi connectivity index (χ3v) is 4.62. The zero-order valence-corrected chi connectivity index (χ0v) is 11.7. The standard InChI is InChI=1S/C20H15N/c1-2-7-15-12-19-17(11-14(15)6-1)20-16-8-4-3-5-13(16)9-10-18(20)21-19/h1,3-6,8-12,21H,2,7H2. The number of hydrogen-bond donors (Lipinski definition) is 1. The van der Waals surface area contributed by atoms with Crippen LogP contribution in [0.2, 0.25) is 0 Å². The van der Waals surface area contributed by atoms with Gasteiger partial charge >= 0.3 is 0 Å². The van der Waals surface area contributed by atoms with Crippen molar-refractivity contribution < 1.29 is 0 Å². The van der Waals surface area contributed by atoms with Crippen LogP contribution in [0.1, 0.15) is 17.5 Å². The molecule has 1 heterocycles. The molecule has 1 nitrogen and oxygen atoms in total. The maximum absolute atomic E-state index is 3.60. The molecule has 5 rings (SSSR count). The van der Waals surface area contributed by atoms with Gasteiger partial charge in [0.25, 0.3) is 0 Å². The fourth-order valence-electron chi connectivity index (χ4n) is 3.60. The molecule has 0 amide bonds. The Hall–Kier alpha value is -2.54. The van der Waals surface area contributed by atoms with Crippen LogP contribution in [0, 0.1) is 0 Å². The second-order valence-electron chi connectivity index (χ2n) is 5.87. The van der Waals surface area contributed by atoms with E-state index in [0.717, 1.165) is 12.8 Å². The van der Waals surface area contributed by atoms with Gasteiger partial charge in [0.05, 0.1) is 0 Å². The highest BCUT2D eigenvalue weighted by atomic mass is 14.7. The van der Waals surface area contributed by atoms with Crippen LogP contribution in [0.25, 0.3) is 38.7 Å². The van der Waals surface area contributed by atoms with Crippen LogP contribution in [0.15, 0.2) is 54.6 Å². The molecule has 0 spiro atoms. The molecule has 3 aromatic carbocycles. The predicted molar refractivity (Wildman–Crippen MR) is 90.7 cm³/mol. The fraction of sp³-hybridized carbons (Fsp3) is 0.100. The highest BCUT2D eigenvalue weighted by Crippen LogP contribution is 2.34. The highest BCUT2D eigenvalue weighted by molar-refractivity contribution is 6.20. The number of benzene rings is 3. The number of nitrogens with one attached hydrogen (secondary N) is 1. The number of fused-ring (bicyclic) bond motifs is 6. The van der Waals surface area contributed by atoms with Crippen LogP contribution in [-0.2, 0) is 6.42 Å². The minimum atomic E-state index is 1.15. The average Bonchev–Trinajstić information content (AvgIpc) is 2.90. The summed E-state index contributed by atoms with van der Waals surface area (Å²) in [6, 6.07) is 17.7. The normalized spacial score (nSPS) is 14.1. The first-order valence-corrected chi connectivity index (χ1v) is 7.53. The van der Waals surface area contributed by atoms with Crippen LogP contribution in [0.4, 0.5) is 0 Å². The van der Waals surface area contributed by atoms with E-state index in [1.807, 2.05) is 0 Å². The van der Waals surface area contributed by atoms with Crippen molar-refractivity contribution in [3.63, 3.8) is 0 Å². The van der Waals surface area contributed by atoms with Crippen LogP contribution in [-0.4, -0.2) is 4.98 Å². The third-order valence-electron chi connectivity index (χ3n) is 4.62. The highest BCUT2D eigenvalue weighted by Gasteiger charge is 2.12. The second-order valence-corrected chi connectivity index (χ2v) is 5.87. The lowest BCUT2D eigenvalue weighted by molar-refractivity contribution is 0.988. The third kappa shape index (κ3) is 1.52. The zero-order valence-electron chi connectivity index (χ0n) is 11.7. The van der Waals surface area contributed by atoms with Gasteiger partial charge < -0.3 is 4.98 Å². The van der Waals surface area contributed by atoms with E-state index in [1.54, 1.807) is 0 Å². The van der Waals surface area contributed by atoms with Gasteiger partial charge in [0.1, 0.15) is 0 Å². The van der Waals surface area contributed by atoms with Gasteiger partial charge in [-0.2, -0.15) is 0 Å². The molecule has 1 heteroatoms. The Morgan fingerprint density at radius 1 is 0.857 bits per heavy atom. The summed E-state index contributed by atoms with van der Waals surface area (Å²) in [4.78, 5) is 3.60. The molecular weight excluding hydrogens is 254 g/mol. The first-order chi connectivity index (χ1) is 10.4. The van der Waals surface area contributed by atoms with Crippen LogP contribution in [0.3, 0.4) is 0 Å². The molecule has 0 bridgehead atoms. The van der Waals surface area contributed by atoms with E-state index in [0.29, 0.717) is 0 Å². The molecule has 0 saturated heterocycles. The quantitative estimate of drug-likeness (QED) is 0.438. The van der Waals surface area contributed by atoms with Crippen molar-refractivity contribution in [1.29, 1.82) is 0 Å². The van der Waals surface area contributed by atoms with Gasteiger partial charge in [-0.3, -0.25) is 0 Å². The van der Waals surface area contributed by atoms with Gasteiger partial charge in [-0.25, -0.2) is 0 Å². The van der Waals surface area contributed by atoms with Crippen LogP contribution >= 0.6 is 0 Å². The molecule has 1 aromatic heterocycles. The summed E-state index contributed by atoms with van der Waals surface area (Å²) >= 11 is 0. The number of allylic oxidation sites excluding steroid dienone is 1. The average molecular weight is 269 g/mol. The van der Waals surface area contributed by atoms with Crippen molar-refractivity contribution in [1.82, 2.24) is 4.98 Å². The SMILES string of the molecule is C1=Cc2cc3c(cc2CC1)[nH]c1ccc2ccccc2c13. The fourth-order valence-corrected chi connectivity index (χ4v) is 3.60. The Balaban J connectivity index is 2.01. The molecule has 4 aromatic rings. The molecule has 0 atom stereocenters. The van der Waals surface area contributed by atoms with E-state index in [2.05, 4.69) is 65.7 Å². The second kappa shape index (κ2) is 3.98. The lowest BCUT2D eigenvalue weighted by Gasteiger charge is -2.10. The monoisotopic (exact) mass is 269 g/mol. The van der Waals surface area contributed by atoms with Crippen molar-refractivity contribution in [3.05, 3.63) is 65.7 Å². The van der Waals surface area contributed by atoms with Gasteiger partial charge in [0.15, 0.2) is 0 Å². The van der Waals surface area contributed by atoms with Gasteiger partial charge in [0.2, 0.25) is 0 Å². The first-order valence-electron chi connectivity index (χ1n) is 7.53. The summed E-state index contributed by atoms with van der Waals surface area (Å²) in [7, 11) is 0. The van der Waals surface area contributed by atoms with E-state index < -0.39 is 0 Å². The van der Waals surface area contributed by atoms with Crippen molar-refractivity contribution in [2.75, 3.05) is 0 Å². The smallest absolute Gasteiger partial charge is 0.0471 e. The van der Waals surface area contributed by atoms with E-state index in [-0.39, 0.29) is 0 Å². The molecule has 1 aliphatic rings. The Morgan fingerprint density at radius 3 is 2.81 bits per heavy atom. The Labute approximate surface area is 122 Å². The predicted octanol–water partition coefficient (Wildman–Crippen LogP) is 5.43. The van der Waals surface area contributed by atoms with E-state index in [4.69, 9.17) is 0 Å². The summed E-state index contributed by atoms with van der Waals surface area (Å²) in [5.74, 6) is 0. The number of hydrogen-bond acceptors (Lipinski definition) is 0. The van der Waals surface area contributed by atoms with E-state index in [1.165, 1.54) is 43.7 Å². The van der Waals surface area contributed by atoms with E-state index in [9.17, 15) is 0 Å². The molecule has 1 aliphatic carbocycles. The molecule has 100 valence electrons. The topological polar surface area (TPSA) is 15.8 Å². The maximum Gasteiger partial charge on any atom is 0.0471 e. The van der Waals surface area contributed by atoms with Crippen molar-refractivity contribution >= 4 is 38.7 Å². The molecule has 0 radical (unpaired) electrons. The van der Waals surface area contributed by atoms with Gasteiger partial charge in [-0.05, 0) is 52.9 Å². The lowest BCUT2D eigenvalue weighted by atomic mass is 9.94. The number of rotatable bonds is 0. The number of aromatic amines is 1. The van der Waals surface area contributed by atoms with E-state index >= 15 is 0 Å². The summed E-state index contributed by atoms with van der Waals surface area (Å²) in [6.45, 7) is 0. The molecule has 21 heavy (non-hydrogen) atoms. The van der Waals surface area contributed by atoms with Gasteiger partial charge in [-0.15, -0.1) is 0 Å². The molecule has 1 N–H and O–H groups in total. The summed E-state index contributed by atoms with van der Waals surface area (Å²) in [5, 5.41) is 5.33. The van der Waals surface area contributed by atoms with Crippen molar-refractivity contribution in [2.24, 2.45) is 0 Å². The first kappa shape index (κ1) is 11.2. The maximum atomic E-state index is 3.60. The number of aryl methyl sites for hydroxylation is 1. The number of H-pyrrole nitrogens is 1. The molecule has 0 unspecified atom stereocenters. The Morgan fingerprint density at radius 2 is 1.81 bits per heavy atom. The Kier molecular flexibility index (Phi) is 2.12. The Bertz CT molecular complexity index is 1030. The minimum Gasteiger partial charge on any atom is -0.354 e. The van der Waals surface area contributed by atoms with Gasteiger partial charge in [0, 0.05) is 21.8 Å². The largest absolute Gasteiger partial charge is 0.354 e. The molecule has 0 fully saturated rings. The van der Waals surface area contributed by atoms with Crippen LogP contribution < -0.4 is 0 Å². The molecule has 0 aliphatic heterocycles. The van der Waals surface area contributed by atoms with Crippen LogP contribution in [0.5, 0.6) is 0 Å². The summed E-state index contributed by atoms with van der Waals surface area (Å²) < 4.78 is 0. The molecule has 0 saturated carbocycles.